The number of nitrogens with zero attached hydrogens (tertiary/aromatic N) is 1. The fraction of sp³-hybridized carbons (Fsp3) is 0.429. The van der Waals surface area contributed by atoms with Gasteiger partial charge in [0.25, 0.3) is 0 Å². The Morgan fingerprint density at radius 3 is 2.32 bits per heavy atom. The van der Waals surface area contributed by atoms with Crippen LogP contribution in [0.3, 0.4) is 0 Å². The van der Waals surface area contributed by atoms with E-state index in [4.69, 9.17) is 5.11 Å². The summed E-state index contributed by atoms with van der Waals surface area (Å²) < 4.78 is 0. The normalized spacial score (nSPS) is 10.0. The molecule has 0 aliphatic rings. The van der Waals surface area contributed by atoms with Gasteiger partial charge in [-0.1, -0.05) is 25.5 Å². The van der Waals surface area contributed by atoms with E-state index in [0.717, 1.165) is 12.8 Å². The van der Waals surface area contributed by atoms with E-state index < -0.39 is 12.0 Å². The molecule has 0 saturated heterocycles. The number of carboxylic acid groups (broad SMARTS) is 1. The van der Waals surface area contributed by atoms with Crippen LogP contribution in [0, 0.1) is 0 Å². The van der Waals surface area contributed by atoms with Gasteiger partial charge in [-0.2, -0.15) is 0 Å². The minimum absolute atomic E-state index is 0.295. The number of carbonyl (C=O) groups is 2. The quantitative estimate of drug-likeness (QED) is 0.829. The fourth-order valence-corrected chi connectivity index (χ4v) is 1.74. The Balaban J connectivity index is 2.62. The smallest absolute Gasteiger partial charge is 0.323 e. The molecule has 0 aliphatic carbocycles. The first-order valence-electron chi connectivity index (χ1n) is 6.43. The van der Waals surface area contributed by atoms with Crippen molar-refractivity contribution in [3.63, 3.8) is 0 Å². The SMILES string of the molecule is CCCc1ccc(NC(=O)N(CC)CC(=O)O)cc1. The number of carbonyl (C=O) groups excluding carboxylic acids is 1. The van der Waals surface area contributed by atoms with Crippen LogP contribution in [0.2, 0.25) is 0 Å². The van der Waals surface area contributed by atoms with Crippen LogP contribution in [0.15, 0.2) is 24.3 Å². The molecule has 2 N–H and O–H groups in total. The van der Waals surface area contributed by atoms with E-state index in [9.17, 15) is 9.59 Å². The summed E-state index contributed by atoms with van der Waals surface area (Å²) in [4.78, 5) is 23.7. The van der Waals surface area contributed by atoms with Gasteiger partial charge in [0.15, 0.2) is 0 Å². The van der Waals surface area contributed by atoms with Crippen LogP contribution in [-0.4, -0.2) is 35.1 Å². The predicted molar refractivity (Wildman–Crippen MR) is 74.3 cm³/mol. The van der Waals surface area contributed by atoms with Crippen molar-refractivity contribution < 1.29 is 14.7 Å². The van der Waals surface area contributed by atoms with Crippen LogP contribution in [0.1, 0.15) is 25.8 Å². The van der Waals surface area contributed by atoms with Crippen molar-refractivity contribution in [3.05, 3.63) is 29.8 Å². The van der Waals surface area contributed by atoms with E-state index in [0.29, 0.717) is 12.2 Å². The van der Waals surface area contributed by atoms with Crippen molar-refractivity contribution in [3.8, 4) is 0 Å². The van der Waals surface area contributed by atoms with E-state index in [2.05, 4.69) is 12.2 Å². The number of aryl methyl sites for hydroxylation is 1. The number of hydrogen-bond donors (Lipinski definition) is 2. The van der Waals surface area contributed by atoms with Crippen molar-refractivity contribution in [2.75, 3.05) is 18.4 Å². The average molecular weight is 264 g/mol. The molecule has 0 unspecified atom stereocenters. The molecule has 5 nitrogen and oxygen atoms in total. The number of amides is 2. The molecule has 0 aromatic heterocycles. The summed E-state index contributed by atoms with van der Waals surface area (Å²) >= 11 is 0. The minimum Gasteiger partial charge on any atom is -0.480 e. The zero-order valence-electron chi connectivity index (χ0n) is 11.3. The number of likely N-dealkylation sites (N-methyl/N-ethyl adjacent to an activating group) is 1. The first-order chi connectivity index (χ1) is 9.06. The van der Waals surface area contributed by atoms with E-state index in [1.807, 2.05) is 24.3 Å². The summed E-state index contributed by atoms with van der Waals surface area (Å²) in [6.45, 7) is 3.91. The third-order valence-corrected chi connectivity index (χ3v) is 2.74. The van der Waals surface area contributed by atoms with Crippen LogP contribution >= 0.6 is 0 Å². The Labute approximate surface area is 113 Å². The lowest BCUT2D eigenvalue weighted by atomic mass is 10.1. The molecule has 0 saturated carbocycles. The first-order valence-corrected chi connectivity index (χ1v) is 6.43. The molecule has 0 spiro atoms. The number of anilines is 1. The number of urea groups is 1. The van der Waals surface area contributed by atoms with E-state index >= 15 is 0 Å². The van der Waals surface area contributed by atoms with Gasteiger partial charge in [-0.3, -0.25) is 4.79 Å². The van der Waals surface area contributed by atoms with Gasteiger partial charge in [0, 0.05) is 12.2 Å². The Morgan fingerprint density at radius 2 is 1.84 bits per heavy atom. The van der Waals surface area contributed by atoms with E-state index in [-0.39, 0.29) is 6.54 Å². The van der Waals surface area contributed by atoms with Gasteiger partial charge in [0.05, 0.1) is 0 Å². The highest BCUT2D eigenvalue weighted by Gasteiger charge is 2.14. The maximum absolute atomic E-state index is 11.8. The third-order valence-electron chi connectivity index (χ3n) is 2.74. The zero-order chi connectivity index (χ0) is 14.3. The largest absolute Gasteiger partial charge is 0.480 e. The molecule has 104 valence electrons. The van der Waals surface area contributed by atoms with Gasteiger partial charge < -0.3 is 15.3 Å². The first kappa shape index (κ1) is 15.0. The molecule has 0 fully saturated rings. The number of benzene rings is 1. The van der Waals surface area contributed by atoms with Crippen LogP contribution in [0.4, 0.5) is 10.5 Å². The van der Waals surface area contributed by atoms with Crippen molar-refractivity contribution in [1.29, 1.82) is 0 Å². The van der Waals surface area contributed by atoms with Gasteiger partial charge in [0.1, 0.15) is 6.54 Å². The van der Waals surface area contributed by atoms with Gasteiger partial charge >= 0.3 is 12.0 Å². The molecule has 0 atom stereocenters. The van der Waals surface area contributed by atoms with E-state index in [1.54, 1.807) is 6.92 Å². The molecule has 2 amide bonds. The Kier molecular flexibility index (Phi) is 5.85. The van der Waals surface area contributed by atoms with Crippen molar-refractivity contribution in [1.82, 2.24) is 4.90 Å². The number of aliphatic carboxylic acids is 1. The maximum atomic E-state index is 11.8. The summed E-state index contributed by atoms with van der Waals surface area (Å²) in [6.07, 6.45) is 2.09. The summed E-state index contributed by atoms with van der Waals surface area (Å²) in [5, 5.41) is 11.4. The highest BCUT2D eigenvalue weighted by Crippen LogP contribution is 2.11. The predicted octanol–water partition coefficient (Wildman–Crippen LogP) is 2.58. The zero-order valence-corrected chi connectivity index (χ0v) is 11.3. The lowest BCUT2D eigenvalue weighted by Crippen LogP contribution is -2.38. The molecule has 1 aromatic rings. The van der Waals surface area contributed by atoms with Crippen molar-refractivity contribution >= 4 is 17.7 Å². The molecule has 0 radical (unpaired) electrons. The summed E-state index contributed by atoms with van der Waals surface area (Å²) in [5.74, 6) is -1.02. The second-order valence-corrected chi connectivity index (χ2v) is 4.28. The Hall–Kier alpha value is -2.04. The van der Waals surface area contributed by atoms with Crippen LogP contribution in [0.25, 0.3) is 0 Å². The molecule has 19 heavy (non-hydrogen) atoms. The molecule has 0 aliphatic heterocycles. The lowest BCUT2D eigenvalue weighted by Gasteiger charge is -2.19. The second kappa shape index (κ2) is 7.41. The lowest BCUT2D eigenvalue weighted by molar-refractivity contribution is -0.137. The number of hydrogen-bond acceptors (Lipinski definition) is 2. The molecule has 5 heteroatoms. The highest BCUT2D eigenvalue weighted by atomic mass is 16.4. The van der Waals surface area contributed by atoms with Gasteiger partial charge in [-0.25, -0.2) is 4.79 Å². The molecule has 0 bridgehead atoms. The van der Waals surface area contributed by atoms with Crippen LogP contribution in [-0.2, 0) is 11.2 Å². The number of rotatable bonds is 6. The Bertz CT molecular complexity index is 429. The minimum atomic E-state index is -1.02. The van der Waals surface area contributed by atoms with Crippen LogP contribution < -0.4 is 5.32 Å². The highest BCUT2D eigenvalue weighted by molar-refractivity contribution is 5.91. The third kappa shape index (κ3) is 4.99. The molecule has 1 rings (SSSR count). The van der Waals surface area contributed by atoms with Gasteiger partial charge in [0.2, 0.25) is 0 Å². The standard InChI is InChI=1S/C14H20N2O3/c1-3-5-11-6-8-12(9-7-11)15-14(19)16(4-2)10-13(17)18/h6-9H,3-5,10H2,1-2H3,(H,15,19)(H,17,18). The summed E-state index contributed by atoms with van der Waals surface area (Å²) in [6, 6.07) is 7.20. The molecular weight excluding hydrogens is 244 g/mol. The molecular formula is C14H20N2O3. The van der Waals surface area contributed by atoms with Gasteiger partial charge in [-0.05, 0) is 31.0 Å². The second-order valence-electron chi connectivity index (χ2n) is 4.28. The molecule has 0 heterocycles. The van der Waals surface area contributed by atoms with Crippen LogP contribution in [0.5, 0.6) is 0 Å². The topological polar surface area (TPSA) is 69.6 Å². The maximum Gasteiger partial charge on any atom is 0.323 e. The van der Waals surface area contributed by atoms with Gasteiger partial charge in [-0.15, -0.1) is 0 Å². The summed E-state index contributed by atoms with van der Waals surface area (Å²) in [7, 11) is 0. The average Bonchev–Trinajstić information content (AvgIpc) is 2.38. The van der Waals surface area contributed by atoms with E-state index in [1.165, 1.54) is 10.5 Å². The monoisotopic (exact) mass is 264 g/mol. The summed E-state index contributed by atoms with van der Waals surface area (Å²) in [5.41, 5.74) is 1.90. The molecule has 1 aromatic carbocycles. The number of nitrogens with one attached hydrogen (secondary N) is 1. The van der Waals surface area contributed by atoms with Crippen molar-refractivity contribution in [2.24, 2.45) is 0 Å². The number of carboxylic acids is 1. The fourth-order valence-electron chi connectivity index (χ4n) is 1.74. The van der Waals surface area contributed by atoms with Crippen molar-refractivity contribution in [2.45, 2.75) is 26.7 Å². The Morgan fingerprint density at radius 1 is 1.21 bits per heavy atom.